The molecule has 1 fully saturated rings. The van der Waals surface area contributed by atoms with Gasteiger partial charge in [0.15, 0.2) is 17.3 Å². The Labute approximate surface area is 195 Å². The third-order valence-electron chi connectivity index (χ3n) is 5.83. The van der Waals surface area contributed by atoms with Crippen LogP contribution in [0.3, 0.4) is 0 Å². The van der Waals surface area contributed by atoms with E-state index in [0.29, 0.717) is 66.7 Å². The fourth-order valence-corrected chi connectivity index (χ4v) is 3.99. The average Bonchev–Trinajstić information content (AvgIpc) is 3.11. The van der Waals surface area contributed by atoms with Crippen LogP contribution in [0.5, 0.6) is 23.0 Å². The Balaban J connectivity index is 1.60. The first kappa shape index (κ1) is 24.4. The minimum absolute atomic E-state index is 0.0800. The highest BCUT2D eigenvalue weighted by molar-refractivity contribution is 5.96. The Morgan fingerprint density at radius 2 is 1.55 bits per heavy atom. The number of hydrogen-bond donors (Lipinski definition) is 0. The summed E-state index contributed by atoms with van der Waals surface area (Å²) < 4.78 is 21.3. The first-order valence-corrected chi connectivity index (χ1v) is 11.0. The summed E-state index contributed by atoms with van der Waals surface area (Å²) in [6.07, 6.45) is 1.26. The zero-order valence-electron chi connectivity index (χ0n) is 19.8. The summed E-state index contributed by atoms with van der Waals surface area (Å²) in [4.78, 5) is 29.9. The third kappa shape index (κ3) is 5.96. The van der Waals surface area contributed by atoms with Gasteiger partial charge in [-0.15, -0.1) is 0 Å². The van der Waals surface area contributed by atoms with Gasteiger partial charge in [-0.3, -0.25) is 9.59 Å². The second kappa shape index (κ2) is 11.6. The monoisotopic (exact) mass is 456 g/mol. The number of methoxy groups -OCH3 is 4. The van der Waals surface area contributed by atoms with Crippen LogP contribution in [0.2, 0.25) is 0 Å². The maximum Gasteiger partial charge on any atom is 0.254 e. The van der Waals surface area contributed by atoms with Crippen LogP contribution >= 0.6 is 0 Å². The van der Waals surface area contributed by atoms with E-state index in [4.69, 9.17) is 18.9 Å². The molecule has 0 N–H and O–H groups in total. The predicted octanol–water partition coefficient (Wildman–Crippen LogP) is 3.14. The summed E-state index contributed by atoms with van der Waals surface area (Å²) in [6.45, 7) is 3.44. The largest absolute Gasteiger partial charge is 0.497 e. The van der Waals surface area contributed by atoms with Gasteiger partial charge in [-0.25, -0.2) is 0 Å². The molecule has 0 unspecified atom stereocenters. The van der Waals surface area contributed by atoms with Crippen molar-refractivity contribution in [3.8, 4) is 23.0 Å². The fourth-order valence-electron chi connectivity index (χ4n) is 3.99. The molecule has 1 saturated heterocycles. The molecule has 1 aliphatic rings. The Kier molecular flexibility index (Phi) is 8.54. The van der Waals surface area contributed by atoms with Gasteiger partial charge in [0.25, 0.3) is 5.91 Å². The molecule has 1 heterocycles. The molecule has 8 heteroatoms. The highest BCUT2D eigenvalue weighted by Crippen LogP contribution is 2.38. The summed E-state index contributed by atoms with van der Waals surface area (Å²) >= 11 is 0. The molecule has 33 heavy (non-hydrogen) atoms. The molecule has 1 amide bonds. The molecule has 2 aromatic rings. The van der Waals surface area contributed by atoms with Crippen molar-refractivity contribution in [2.75, 3.05) is 61.2 Å². The molecule has 3 rings (SSSR count). The van der Waals surface area contributed by atoms with Crippen LogP contribution in [0, 0.1) is 0 Å². The quantitative estimate of drug-likeness (QED) is 0.537. The van der Waals surface area contributed by atoms with Gasteiger partial charge in [0, 0.05) is 43.7 Å². The standard InChI is InChI=1S/C25H32N2O6/c1-30-20-8-5-7-18(15-20)21(28)9-12-26-10-6-11-27(14-13-26)25(29)19-16-22(31-2)24(33-4)23(17-19)32-3/h5,7-8,15-17H,6,9-14H2,1-4H3. The smallest absolute Gasteiger partial charge is 0.254 e. The lowest BCUT2D eigenvalue weighted by atomic mass is 10.1. The number of nitrogens with zero attached hydrogens (tertiary/aromatic N) is 2. The molecule has 0 aliphatic carbocycles. The van der Waals surface area contributed by atoms with E-state index in [1.165, 1.54) is 21.3 Å². The zero-order chi connectivity index (χ0) is 23.8. The minimum atomic E-state index is -0.0800. The van der Waals surface area contributed by atoms with Crippen molar-refractivity contribution in [3.63, 3.8) is 0 Å². The van der Waals surface area contributed by atoms with Crippen LogP contribution in [0.4, 0.5) is 0 Å². The van der Waals surface area contributed by atoms with Crippen molar-refractivity contribution in [1.82, 2.24) is 9.80 Å². The van der Waals surface area contributed by atoms with E-state index in [1.807, 2.05) is 23.1 Å². The van der Waals surface area contributed by atoms with Crippen LogP contribution in [-0.4, -0.2) is 82.7 Å². The van der Waals surface area contributed by atoms with Gasteiger partial charge in [-0.1, -0.05) is 12.1 Å². The first-order valence-electron chi connectivity index (χ1n) is 11.0. The summed E-state index contributed by atoms with van der Waals surface area (Å²) in [5.74, 6) is 2.04. The zero-order valence-corrected chi connectivity index (χ0v) is 19.8. The lowest BCUT2D eigenvalue weighted by Crippen LogP contribution is -2.35. The topological polar surface area (TPSA) is 77.5 Å². The van der Waals surface area contributed by atoms with Gasteiger partial charge in [0.2, 0.25) is 5.75 Å². The van der Waals surface area contributed by atoms with E-state index in [9.17, 15) is 9.59 Å². The van der Waals surface area contributed by atoms with Crippen LogP contribution < -0.4 is 18.9 Å². The van der Waals surface area contributed by atoms with Crippen LogP contribution in [0.25, 0.3) is 0 Å². The van der Waals surface area contributed by atoms with E-state index in [-0.39, 0.29) is 11.7 Å². The maximum absolute atomic E-state index is 13.2. The summed E-state index contributed by atoms with van der Waals surface area (Å²) in [5.41, 5.74) is 1.15. The Hall–Kier alpha value is -3.26. The van der Waals surface area contributed by atoms with Crippen LogP contribution in [0.15, 0.2) is 36.4 Å². The highest BCUT2D eigenvalue weighted by Gasteiger charge is 2.24. The van der Waals surface area contributed by atoms with E-state index in [0.717, 1.165) is 13.0 Å². The number of carbonyl (C=O) groups is 2. The highest BCUT2D eigenvalue weighted by atomic mass is 16.5. The number of benzene rings is 2. The van der Waals surface area contributed by atoms with E-state index < -0.39 is 0 Å². The van der Waals surface area contributed by atoms with Gasteiger partial charge in [0.05, 0.1) is 28.4 Å². The Morgan fingerprint density at radius 1 is 0.818 bits per heavy atom. The Morgan fingerprint density at radius 3 is 2.18 bits per heavy atom. The molecule has 2 aromatic carbocycles. The molecule has 0 aromatic heterocycles. The molecule has 8 nitrogen and oxygen atoms in total. The van der Waals surface area contributed by atoms with Crippen molar-refractivity contribution >= 4 is 11.7 Å². The van der Waals surface area contributed by atoms with E-state index in [1.54, 1.807) is 25.3 Å². The van der Waals surface area contributed by atoms with Crippen molar-refractivity contribution in [2.24, 2.45) is 0 Å². The number of hydrogen-bond acceptors (Lipinski definition) is 7. The average molecular weight is 457 g/mol. The second-order valence-electron chi connectivity index (χ2n) is 7.81. The SMILES string of the molecule is COc1cccc(C(=O)CCN2CCCN(C(=O)c3cc(OC)c(OC)c(OC)c3)CC2)c1. The normalized spacial score (nSPS) is 14.4. The minimum Gasteiger partial charge on any atom is -0.497 e. The molecule has 0 radical (unpaired) electrons. The van der Waals surface area contributed by atoms with E-state index in [2.05, 4.69) is 4.90 Å². The third-order valence-corrected chi connectivity index (χ3v) is 5.83. The van der Waals surface area contributed by atoms with Crippen molar-refractivity contribution in [1.29, 1.82) is 0 Å². The number of Topliss-reactive ketones (excluding diaryl/α,β-unsaturated/α-hetero) is 1. The Bertz CT molecular complexity index is 952. The summed E-state index contributed by atoms with van der Waals surface area (Å²) in [7, 11) is 6.18. The van der Waals surface area contributed by atoms with Gasteiger partial charge in [0.1, 0.15) is 5.75 Å². The number of amides is 1. The van der Waals surface area contributed by atoms with Crippen LogP contribution in [0.1, 0.15) is 33.6 Å². The molecule has 0 spiro atoms. The maximum atomic E-state index is 13.2. The molecule has 0 atom stereocenters. The summed E-state index contributed by atoms with van der Waals surface area (Å²) in [6, 6.07) is 10.6. The van der Waals surface area contributed by atoms with Gasteiger partial charge >= 0.3 is 0 Å². The number of ketones is 1. The molecular formula is C25H32N2O6. The summed E-state index contributed by atoms with van der Waals surface area (Å²) in [5, 5.41) is 0. The second-order valence-corrected chi connectivity index (χ2v) is 7.81. The number of ether oxygens (including phenoxy) is 4. The van der Waals surface area contributed by atoms with Crippen molar-refractivity contribution in [2.45, 2.75) is 12.8 Å². The lowest BCUT2D eigenvalue weighted by Gasteiger charge is -2.23. The first-order chi connectivity index (χ1) is 16.0. The molecule has 0 saturated carbocycles. The molecule has 178 valence electrons. The van der Waals surface area contributed by atoms with Crippen molar-refractivity contribution < 1.29 is 28.5 Å². The van der Waals surface area contributed by atoms with Gasteiger partial charge in [-0.05, 0) is 37.2 Å². The van der Waals surface area contributed by atoms with Crippen LogP contribution in [-0.2, 0) is 0 Å². The predicted molar refractivity (Wildman–Crippen MR) is 125 cm³/mol. The van der Waals surface area contributed by atoms with Crippen molar-refractivity contribution in [3.05, 3.63) is 47.5 Å². The van der Waals surface area contributed by atoms with E-state index >= 15 is 0 Å². The lowest BCUT2D eigenvalue weighted by molar-refractivity contribution is 0.0758. The molecule has 0 bridgehead atoms. The van der Waals surface area contributed by atoms with Gasteiger partial charge in [-0.2, -0.15) is 0 Å². The molecular weight excluding hydrogens is 424 g/mol. The number of carbonyl (C=O) groups excluding carboxylic acids is 2. The molecule has 1 aliphatic heterocycles. The number of rotatable bonds is 9. The van der Waals surface area contributed by atoms with Gasteiger partial charge < -0.3 is 28.7 Å². The fraction of sp³-hybridized carbons (Fsp3) is 0.440.